The van der Waals surface area contributed by atoms with E-state index in [0.717, 1.165) is 4.70 Å². The molecule has 2 heterocycles. The molecule has 18 heavy (non-hydrogen) atoms. The highest BCUT2D eigenvalue weighted by atomic mass is 35.5. The van der Waals surface area contributed by atoms with Crippen molar-refractivity contribution in [1.29, 1.82) is 0 Å². The van der Waals surface area contributed by atoms with Crippen LogP contribution < -0.4 is 5.56 Å². The molecule has 6 heteroatoms. The van der Waals surface area contributed by atoms with Crippen molar-refractivity contribution in [3.8, 4) is 10.7 Å². The first-order chi connectivity index (χ1) is 8.74. The number of hydrogen-bond donors (Lipinski definition) is 0. The summed E-state index contributed by atoms with van der Waals surface area (Å²) in [6.45, 7) is 0. The van der Waals surface area contributed by atoms with Crippen LogP contribution in [0.3, 0.4) is 0 Å². The molecule has 2 aromatic heterocycles. The Hall–Kier alpha value is -1.85. The Labute approximate surface area is 111 Å². The summed E-state index contributed by atoms with van der Waals surface area (Å²) in [7, 11) is 0. The van der Waals surface area contributed by atoms with Crippen molar-refractivity contribution in [3.05, 3.63) is 52.2 Å². The predicted molar refractivity (Wildman–Crippen MR) is 71.9 cm³/mol. The summed E-state index contributed by atoms with van der Waals surface area (Å²) in [4.78, 5) is 24.0. The molecule has 0 spiro atoms. The van der Waals surface area contributed by atoms with Gasteiger partial charge in [0.25, 0.3) is 5.56 Å². The van der Waals surface area contributed by atoms with E-state index in [2.05, 4.69) is 15.0 Å². The molecular weight excluding hydrogens is 270 g/mol. The van der Waals surface area contributed by atoms with E-state index in [1.165, 1.54) is 11.3 Å². The van der Waals surface area contributed by atoms with Gasteiger partial charge in [-0.2, -0.15) is 4.98 Å². The van der Waals surface area contributed by atoms with Crippen LogP contribution in [-0.4, -0.2) is 15.0 Å². The summed E-state index contributed by atoms with van der Waals surface area (Å²) in [5, 5.41) is 1.70. The van der Waals surface area contributed by atoms with Crippen LogP contribution >= 0.6 is 22.9 Å². The SMILES string of the molecule is O=c1nc(-c2cnccn2)sc2cc(Cl)ccc12. The maximum Gasteiger partial charge on any atom is 0.279 e. The van der Waals surface area contributed by atoms with Gasteiger partial charge in [-0.25, -0.2) is 0 Å². The van der Waals surface area contributed by atoms with Gasteiger partial charge >= 0.3 is 0 Å². The number of hydrogen-bond acceptors (Lipinski definition) is 5. The third-order valence-electron chi connectivity index (χ3n) is 2.37. The fourth-order valence-corrected chi connectivity index (χ4v) is 2.79. The number of nitrogens with zero attached hydrogens (tertiary/aromatic N) is 3. The molecule has 0 radical (unpaired) electrons. The Morgan fingerprint density at radius 3 is 2.89 bits per heavy atom. The van der Waals surface area contributed by atoms with Gasteiger partial charge in [0.1, 0.15) is 10.7 Å². The summed E-state index contributed by atoms with van der Waals surface area (Å²) in [6.07, 6.45) is 4.72. The quantitative estimate of drug-likeness (QED) is 0.685. The molecule has 3 aromatic rings. The summed E-state index contributed by atoms with van der Waals surface area (Å²) < 4.78 is 0.795. The minimum Gasteiger partial charge on any atom is -0.267 e. The Kier molecular flexibility index (Phi) is 2.77. The second-order valence-electron chi connectivity index (χ2n) is 3.56. The van der Waals surface area contributed by atoms with E-state index in [4.69, 9.17) is 11.6 Å². The molecule has 1 aromatic carbocycles. The molecule has 4 nitrogen and oxygen atoms in total. The highest BCUT2D eigenvalue weighted by Crippen LogP contribution is 2.26. The van der Waals surface area contributed by atoms with E-state index in [0.29, 0.717) is 21.1 Å². The number of benzene rings is 1. The van der Waals surface area contributed by atoms with Gasteiger partial charge in [-0.05, 0) is 18.2 Å². The summed E-state index contributed by atoms with van der Waals surface area (Å²) in [5.41, 5.74) is 0.308. The van der Waals surface area contributed by atoms with Crippen molar-refractivity contribution >= 4 is 33.0 Å². The van der Waals surface area contributed by atoms with Crippen LogP contribution in [0.2, 0.25) is 5.02 Å². The van der Waals surface area contributed by atoms with Crippen molar-refractivity contribution in [2.75, 3.05) is 0 Å². The van der Waals surface area contributed by atoms with Gasteiger partial charge in [0.05, 0.1) is 11.6 Å². The summed E-state index contributed by atoms with van der Waals surface area (Å²) >= 11 is 7.30. The van der Waals surface area contributed by atoms with Gasteiger partial charge in [0.2, 0.25) is 0 Å². The number of rotatable bonds is 1. The molecule has 0 saturated heterocycles. The lowest BCUT2D eigenvalue weighted by atomic mass is 10.3. The predicted octanol–water partition coefficient (Wildman–Crippen LogP) is 2.77. The van der Waals surface area contributed by atoms with E-state index in [1.54, 1.807) is 36.8 Å². The van der Waals surface area contributed by atoms with Crippen molar-refractivity contribution in [2.24, 2.45) is 0 Å². The second-order valence-corrected chi connectivity index (χ2v) is 5.02. The molecule has 0 N–H and O–H groups in total. The van der Waals surface area contributed by atoms with Crippen LogP contribution in [0.25, 0.3) is 20.8 Å². The largest absolute Gasteiger partial charge is 0.279 e. The van der Waals surface area contributed by atoms with Gasteiger partial charge in [-0.3, -0.25) is 14.8 Å². The average molecular weight is 276 g/mol. The molecule has 0 bridgehead atoms. The zero-order valence-electron chi connectivity index (χ0n) is 9.00. The molecule has 0 saturated carbocycles. The monoisotopic (exact) mass is 275 g/mol. The highest BCUT2D eigenvalue weighted by Gasteiger charge is 2.08. The van der Waals surface area contributed by atoms with Gasteiger partial charge in [0, 0.05) is 22.1 Å². The van der Waals surface area contributed by atoms with Crippen molar-refractivity contribution in [1.82, 2.24) is 15.0 Å². The fourth-order valence-electron chi connectivity index (χ4n) is 1.56. The number of halogens is 1. The van der Waals surface area contributed by atoms with Crippen molar-refractivity contribution in [3.63, 3.8) is 0 Å². The second kappa shape index (κ2) is 4.44. The Morgan fingerprint density at radius 1 is 1.22 bits per heavy atom. The van der Waals surface area contributed by atoms with Gasteiger partial charge in [-0.15, -0.1) is 11.3 Å². The average Bonchev–Trinajstić information content (AvgIpc) is 2.39. The number of aromatic nitrogens is 3. The zero-order valence-corrected chi connectivity index (χ0v) is 10.6. The molecule has 0 aliphatic carbocycles. The molecule has 0 unspecified atom stereocenters. The molecule has 0 fully saturated rings. The van der Waals surface area contributed by atoms with E-state index < -0.39 is 0 Å². The standard InChI is InChI=1S/C12H6ClN3OS/c13-7-1-2-8-10(5-7)18-12(16-11(8)17)9-6-14-3-4-15-9/h1-6H. The Morgan fingerprint density at radius 2 is 2.11 bits per heavy atom. The molecule has 0 aliphatic heterocycles. The van der Waals surface area contributed by atoms with Crippen LogP contribution in [0, 0.1) is 0 Å². The topological polar surface area (TPSA) is 55.7 Å². The fraction of sp³-hybridized carbons (Fsp3) is 0. The van der Waals surface area contributed by atoms with Crippen molar-refractivity contribution < 1.29 is 0 Å². The Balaban J connectivity index is 2.30. The number of fused-ring (bicyclic) bond motifs is 1. The molecule has 3 rings (SSSR count). The summed E-state index contributed by atoms with van der Waals surface area (Å²) in [6, 6.07) is 5.12. The zero-order chi connectivity index (χ0) is 12.5. The molecule has 0 aliphatic rings. The minimum atomic E-state index is -0.277. The molecular formula is C12H6ClN3OS. The Bertz CT molecular complexity index is 773. The lowest BCUT2D eigenvalue weighted by Gasteiger charge is -2.00. The molecule has 0 amide bonds. The van der Waals surface area contributed by atoms with Crippen LogP contribution in [-0.2, 0) is 0 Å². The third-order valence-corrected chi connectivity index (χ3v) is 3.65. The third kappa shape index (κ3) is 1.98. The maximum absolute atomic E-state index is 11.9. The van der Waals surface area contributed by atoms with Gasteiger partial charge < -0.3 is 0 Å². The normalized spacial score (nSPS) is 10.7. The van der Waals surface area contributed by atoms with Crippen LogP contribution in [0.5, 0.6) is 0 Å². The van der Waals surface area contributed by atoms with E-state index >= 15 is 0 Å². The first-order valence-electron chi connectivity index (χ1n) is 5.11. The van der Waals surface area contributed by atoms with E-state index in [1.807, 2.05) is 0 Å². The van der Waals surface area contributed by atoms with Gasteiger partial charge in [-0.1, -0.05) is 11.6 Å². The highest BCUT2D eigenvalue weighted by molar-refractivity contribution is 7.21. The minimum absolute atomic E-state index is 0.277. The van der Waals surface area contributed by atoms with Crippen LogP contribution in [0.1, 0.15) is 0 Å². The van der Waals surface area contributed by atoms with E-state index in [9.17, 15) is 4.79 Å². The van der Waals surface area contributed by atoms with Crippen LogP contribution in [0.4, 0.5) is 0 Å². The lowest BCUT2D eigenvalue weighted by Crippen LogP contribution is -2.06. The first-order valence-corrected chi connectivity index (χ1v) is 6.30. The smallest absolute Gasteiger partial charge is 0.267 e. The maximum atomic E-state index is 11.9. The molecule has 88 valence electrons. The lowest BCUT2D eigenvalue weighted by molar-refractivity contribution is 1.18. The van der Waals surface area contributed by atoms with Crippen molar-refractivity contribution in [2.45, 2.75) is 0 Å². The van der Waals surface area contributed by atoms with E-state index in [-0.39, 0.29) is 5.56 Å². The summed E-state index contributed by atoms with van der Waals surface area (Å²) in [5.74, 6) is 0. The first kappa shape index (κ1) is 11.3. The van der Waals surface area contributed by atoms with Crippen LogP contribution in [0.15, 0.2) is 41.6 Å². The molecule has 0 atom stereocenters. The van der Waals surface area contributed by atoms with Gasteiger partial charge in [0.15, 0.2) is 0 Å².